The molecule has 0 radical (unpaired) electrons. The van der Waals surface area contributed by atoms with E-state index in [1.54, 1.807) is 18.3 Å². The number of fused-ring (bicyclic) bond motifs is 1. The van der Waals surface area contributed by atoms with Gasteiger partial charge in [0.2, 0.25) is 11.8 Å². The Bertz CT molecular complexity index is 1010. The molecule has 8 nitrogen and oxygen atoms in total. The molecule has 0 spiro atoms. The summed E-state index contributed by atoms with van der Waals surface area (Å²) in [5.74, 6) is 1.42. The lowest BCUT2D eigenvalue weighted by molar-refractivity contribution is -0.125. The topological polar surface area (TPSA) is 102 Å². The third-order valence-electron chi connectivity index (χ3n) is 5.07. The van der Waals surface area contributed by atoms with E-state index >= 15 is 0 Å². The highest BCUT2D eigenvalue weighted by Crippen LogP contribution is 2.31. The SMILES string of the molecule is COc1cc(-c2nc(CNC(=O)C3CCn4nccc4C3)c(C)o2)ccc1O. The molecular formula is C20H22N4O4. The van der Waals surface area contributed by atoms with Crippen LogP contribution in [0.4, 0.5) is 0 Å². The number of methoxy groups -OCH3 is 1. The van der Waals surface area contributed by atoms with Gasteiger partial charge in [-0.05, 0) is 37.6 Å². The number of oxazole rings is 1. The van der Waals surface area contributed by atoms with Crippen LogP contribution in [0.2, 0.25) is 0 Å². The molecule has 8 heteroatoms. The van der Waals surface area contributed by atoms with E-state index in [1.165, 1.54) is 13.2 Å². The van der Waals surface area contributed by atoms with Crippen LogP contribution in [0.15, 0.2) is 34.9 Å². The number of aryl methyl sites for hydroxylation is 2. The summed E-state index contributed by atoms with van der Waals surface area (Å²) in [4.78, 5) is 17.1. The van der Waals surface area contributed by atoms with Crippen LogP contribution >= 0.6 is 0 Å². The molecule has 1 amide bonds. The van der Waals surface area contributed by atoms with E-state index in [0.29, 0.717) is 41.6 Å². The average molecular weight is 382 g/mol. The Hall–Kier alpha value is -3.29. The fourth-order valence-electron chi connectivity index (χ4n) is 3.43. The van der Waals surface area contributed by atoms with Gasteiger partial charge in [-0.2, -0.15) is 5.10 Å². The molecule has 0 bridgehead atoms. The van der Waals surface area contributed by atoms with Gasteiger partial charge in [0.25, 0.3) is 0 Å². The first-order chi connectivity index (χ1) is 13.5. The quantitative estimate of drug-likeness (QED) is 0.703. The summed E-state index contributed by atoms with van der Waals surface area (Å²) >= 11 is 0. The van der Waals surface area contributed by atoms with Crippen molar-refractivity contribution in [2.45, 2.75) is 32.9 Å². The Morgan fingerprint density at radius 2 is 2.29 bits per heavy atom. The van der Waals surface area contributed by atoms with Gasteiger partial charge in [-0.15, -0.1) is 0 Å². The van der Waals surface area contributed by atoms with Gasteiger partial charge in [0.1, 0.15) is 11.5 Å². The van der Waals surface area contributed by atoms with E-state index in [-0.39, 0.29) is 17.6 Å². The van der Waals surface area contributed by atoms with E-state index in [4.69, 9.17) is 9.15 Å². The van der Waals surface area contributed by atoms with Crippen LogP contribution in [0.1, 0.15) is 23.6 Å². The maximum atomic E-state index is 12.6. The molecule has 1 aliphatic rings. The molecule has 28 heavy (non-hydrogen) atoms. The molecule has 146 valence electrons. The molecule has 2 aromatic heterocycles. The lowest BCUT2D eigenvalue weighted by Gasteiger charge is -2.22. The number of carbonyl (C=O) groups excluding carboxylic acids is 1. The lowest BCUT2D eigenvalue weighted by atomic mass is 9.95. The first-order valence-electron chi connectivity index (χ1n) is 9.17. The van der Waals surface area contributed by atoms with Gasteiger partial charge < -0.3 is 19.6 Å². The Labute approximate surface area is 162 Å². The van der Waals surface area contributed by atoms with E-state index in [1.807, 2.05) is 17.7 Å². The summed E-state index contributed by atoms with van der Waals surface area (Å²) < 4.78 is 12.8. The van der Waals surface area contributed by atoms with Crippen LogP contribution in [-0.4, -0.2) is 32.9 Å². The minimum absolute atomic E-state index is 0.0164. The zero-order chi connectivity index (χ0) is 19.7. The molecule has 0 fully saturated rings. The fraction of sp³-hybridized carbons (Fsp3) is 0.350. The molecule has 4 rings (SSSR count). The molecule has 3 heterocycles. The number of ether oxygens (including phenoxy) is 1. The lowest BCUT2D eigenvalue weighted by Crippen LogP contribution is -2.35. The third kappa shape index (κ3) is 3.45. The number of rotatable bonds is 5. The van der Waals surface area contributed by atoms with Crippen molar-refractivity contribution in [1.82, 2.24) is 20.1 Å². The van der Waals surface area contributed by atoms with Crippen LogP contribution in [0, 0.1) is 12.8 Å². The van der Waals surface area contributed by atoms with Crippen molar-refractivity contribution in [2.24, 2.45) is 5.92 Å². The zero-order valence-corrected chi connectivity index (χ0v) is 15.8. The van der Waals surface area contributed by atoms with Crippen molar-refractivity contribution in [2.75, 3.05) is 7.11 Å². The second kappa shape index (κ2) is 7.38. The van der Waals surface area contributed by atoms with Gasteiger partial charge in [-0.25, -0.2) is 4.98 Å². The number of hydrogen-bond donors (Lipinski definition) is 2. The fourth-order valence-corrected chi connectivity index (χ4v) is 3.43. The first kappa shape index (κ1) is 18.1. The molecule has 3 aromatic rings. The van der Waals surface area contributed by atoms with Crippen LogP contribution < -0.4 is 10.1 Å². The highest BCUT2D eigenvalue weighted by molar-refractivity contribution is 5.79. The number of benzene rings is 1. The van der Waals surface area contributed by atoms with Crippen LogP contribution in [0.3, 0.4) is 0 Å². The number of amides is 1. The third-order valence-corrected chi connectivity index (χ3v) is 5.07. The molecule has 1 atom stereocenters. The van der Waals surface area contributed by atoms with E-state index < -0.39 is 0 Å². The first-order valence-corrected chi connectivity index (χ1v) is 9.17. The minimum atomic E-state index is -0.0581. The summed E-state index contributed by atoms with van der Waals surface area (Å²) in [6.45, 7) is 2.88. The van der Waals surface area contributed by atoms with Gasteiger partial charge in [0, 0.05) is 36.3 Å². The molecule has 0 saturated carbocycles. The number of phenols is 1. The van der Waals surface area contributed by atoms with Crippen molar-refractivity contribution < 1.29 is 19.1 Å². The number of phenolic OH excluding ortho intramolecular Hbond substituents is 1. The number of carbonyl (C=O) groups is 1. The van der Waals surface area contributed by atoms with Crippen molar-refractivity contribution in [3.63, 3.8) is 0 Å². The molecule has 1 aliphatic heterocycles. The summed E-state index contributed by atoms with van der Waals surface area (Å²) in [6, 6.07) is 6.85. The van der Waals surface area contributed by atoms with E-state index in [9.17, 15) is 9.90 Å². The average Bonchev–Trinajstić information content (AvgIpc) is 3.32. The largest absolute Gasteiger partial charge is 0.504 e. The van der Waals surface area contributed by atoms with E-state index in [2.05, 4.69) is 15.4 Å². The monoisotopic (exact) mass is 382 g/mol. The number of hydrogen-bond acceptors (Lipinski definition) is 6. The number of nitrogens with one attached hydrogen (secondary N) is 1. The minimum Gasteiger partial charge on any atom is -0.504 e. The van der Waals surface area contributed by atoms with Gasteiger partial charge in [0.05, 0.1) is 13.7 Å². The highest BCUT2D eigenvalue weighted by atomic mass is 16.5. The Kier molecular flexibility index (Phi) is 4.77. The Balaban J connectivity index is 1.43. The van der Waals surface area contributed by atoms with Gasteiger partial charge in [0.15, 0.2) is 11.5 Å². The molecule has 0 saturated heterocycles. The smallest absolute Gasteiger partial charge is 0.226 e. The summed E-state index contributed by atoms with van der Waals surface area (Å²) in [5, 5.41) is 16.9. The van der Waals surface area contributed by atoms with Crippen molar-refractivity contribution >= 4 is 5.91 Å². The van der Waals surface area contributed by atoms with Crippen molar-refractivity contribution in [1.29, 1.82) is 0 Å². The second-order valence-electron chi connectivity index (χ2n) is 6.86. The maximum Gasteiger partial charge on any atom is 0.226 e. The standard InChI is InChI=1S/C20H22N4O4/c1-12-16(23-20(28-12)14-3-4-17(25)18(10-14)27-2)11-21-19(26)13-6-8-24-15(9-13)5-7-22-24/h3-5,7,10,13,25H,6,8-9,11H2,1-2H3,(H,21,26). The molecule has 1 aromatic carbocycles. The molecular weight excluding hydrogens is 360 g/mol. The number of aromatic nitrogens is 3. The summed E-state index contributed by atoms with van der Waals surface area (Å²) in [5.41, 5.74) is 2.46. The van der Waals surface area contributed by atoms with Crippen LogP contribution in [0.5, 0.6) is 11.5 Å². The normalized spacial score (nSPS) is 15.9. The summed E-state index contributed by atoms with van der Waals surface area (Å²) in [6.07, 6.45) is 3.24. The summed E-state index contributed by atoms with van der Waals surface area (Å²) in [7, 11) is 1.48. The number of nitrogens with zero attached hydrogens (tertiary/aromatic N) is 3. The van der Waals surface area contributed by atoms with Gasteiger partial charge in [-0.1, -0.05) is 0 Å². The Morgan fingerprint density at radius 1 is 1.43 bits per heavy atom. The van der Waals surface area contributed by atoms with Crippen LogP contribution in [0.25, 0.3) is 11.5 Å². The predicted molar refractivity (Wildman–Crippen MR) is 101 cm³/mol. The highest BCUT2D eigenvalue weighted by Gasteiger charge is 2.25. The van der Waals surface area contributed by atoms with Crippen molar-refractivity contribution in [3.8, 4) is 23.0 Å². The Morgan fingerprint density at radius 3 is 3.11 bits per heavy atom. The van der Waals surface area contributed by atoms with Gasteiger partial charge in [-0.3, -0.25) is 9.48 Å². The van der Waals surface area contributed by atoms with Crippen LogP contribution in [-0.2, 0) is 24.3 Å². The zero-order valence-electron chi connectivity index (χ0n) is 15.8. The van der Waals surface area contributed by atoms with Gasteiger partial charge >= 0.3 is 0 Å². The second-order valence-corrected chi connectivity index (χ2v) is 6.86. The maximum absolute atomic E-state index is 12.6. The molecule has 0 aliphatic carbocycles. The van der Waals surface area contributed by atoms with Crippen molar-refractivity contribution in [3.05, 3.63) is 47.6 Å². The number of aromatic hydroxyl groups is 1. The molecule has 2 N–H and O–H groups in total. The van der Waals surface area contributed by atoms with E-state index in [0.717, 1.165) is 18.7 Å². The predicted octanol–water partition coefficient (Wildman–Crippen LogP) is 2.44. The molecule has 1 unspecified atom stereocenters.